The van der Waals surface area contributed by atoms with Crippen molar-refractivity contribution in [3.8, 4) is 5.75 Å². The minimum absolute atomic E-state index is 0.267. The fourth-order valence-electron chi connectivity index (χ4n) is 1.09. The van der Waals surface area contributed by atoms with Crippen LogP contribution in [-0.2, 0) is 4.79 Å². The van der Waals surface area contributed by atoms with Crippen LogP contribution in [0.2, 0.25) is 5.02 Å². The molecule has 0 radical (unpaired) electrons. The maximum Gasteiger partial charge on any atom is 0.242 e. The van der Waals surface area contributed by atoms with Crippen molar-refractivity contribution < 1.29 is 14.7 Å². The third-order valence-corrected chi connectivity index (χ3v) is 2.21. The van der Waals surface area contributed by atoms with E-state index in [1.807, 2.05) is 0 Å². The van der Waals surface area contributed by atoms with Crippen molar-refractivity contribution in [2.24, 2.45) is 0 Å². The summed E-state index contributed by atoms with van der Waals surface area (Å²) in [5, 5.41) is 10.4. The lowest BCUT2D eigenvalue weighted by atomic mass is 10.3. The Morgan fingerprint density at radius 2 is 2.06 bits per heavy atom. The van der Waals surface area contributed by atoms with Crippen LogP contribution in [0, 0.1) is 0 Å². The van der Waals surface area contributed by atoms with Crippen LogP contribution in [0.3, 0.4) is 0 Å². The molecular formula is C11H14ClNO3. The first-order chi connectivity index (χ1) is 7.59. The lowest BCUT2D eigenvalue weighted by Gasteiger charge is -2.12. The quantitative estimate of drug-likeness (QED) is 0.491. The van der Waals surface area contributed by atoms with E-state index in [1.165, 1.54) is 6.92 Å². The van der Waals surface area contributed by atoms with Crippen LogP contribution >= 0.6 is 11.6 Å². The smallest absolute Gasteiger partial charge is 0.242 e. The summed E-state index contributed by atoms with van der Waals surface area (Å²) in [6, 6.07) is 7.02. The molecule has 0 aliphatic heterocycles. The number of carbonyl (C=O) groups is 1. The molecule has 1 aromatic rings. The fourth-order valence-corrected chi connectivity index (χ4v) is 1.22. The average Bonchev–Trinajstić information content (AvgIpc) is 2.26. The molecule has 0 aromatic heterocycles. The first kappa shape index (κ1) is 12.8. The zero-order valence-electron chi connectivity index (χ0n) is 9.02. The first-order valence-corrected chi connectivity index (χ1v) is 5.33. The van der Waals surface area contributed by atoms with Crippen molar-refractivity contribution in [3.05, 3.63) is 29.3 Å². The second-order valence-electron chi connectivity index (χ2n) is 3.30. The van der Waals surface area contributed by atoms with Gasteiger partial charge in [-0.15, -0.1) is 0 Å². The Morgan fingerprint density at radius 3 is 2.62 bits per heavy atom. The standard InChI is InChI=1S/C11H14ClNO3/c1-9(14)13(15)7-2-8-16-11-5-3-10(12)4-6-11/h3-6,15H,2,7-8H2,1H3. The molecular weight excluding hydrogens is 230 g/mol. The molecule has 1 N–H and O–H groups in total. The van der Waals surface area contributed by atoms with Crippen LogP contribution in [0.1, 0.15) is 13.3 Å². The largest absolute Gasteiger partial charge is 0.494 e. The number of nitrogens with zero attached hydrogens (tertiary/aromatic N) is 1. The van der Waals surface area contributed by atoms with E-state index in [1.54, 1.807) is 24.3 Å². The van der Waals surface area contributed by atoms with Gasteiger partial charge in [0.2, 0.25) is 5.91 Å². The summed E-state index contributed by atoms with van der Waals surface area (Å²) in [5.74, 6) is 0.350. The summed E-state index contributed by atoms with van der Waals surface area (Å²) in [6.07, 6.45) is 0.568. The second kappa shape index (κ2) is 6.35. The number of hydrogen-bond acceptors (Lipinski definition) is 3. The van der Waals surface area contributed by atoms with Crippen LogP contribution < -0.4 is 4.74 Å². The summed E-state index contributed by atoms with van der Waals surface area (Å²) < 4.78 is 5.38. The van der Waals surface area contributed by atoms with E-state index in [-0.39, 0.29) is 12.5 Å². The highest BCUT2D eigenvalue weighted by atomic mass is 35.5. The van der Waals surface area contributed by atoms with Crippen LogP contribution in [0.4, 0.5) is 0 Å². The van der Waals surface area contributed by atoms with Gasteiger partial charge in [0.15, 0.2) is 0 Å². The predicted octanol–water partition coefficient (Wildman–Crippen LogP) is 2.35. The molecule has 1 rings (SSSR count). The van der Waals surface area contributed by atoms with Crippen molar-refractivity contribution in [1.29, 1.82) is 0 Å². The number of ether oxygens (including phenoxy) is 1. The Labute approximate surface area is 99.3 Å². The van der Waals surface area contributed by atoms with Gasteiger partial charge in [-0.1, -0.05) is 11.6 Å². The molecule has 0 fully saturated rings. The van der Waals surface area contributed by atoms with Crippen LogP contribution in [0.5, 0.6) is 5.75 Å². The molecule has 0 atom stereocenters. The number of benzene rings is 1. The zero-order chi connectivity index (χ0) is 12.0. The van der Waals surface area contributed by atoms with Crippen molar-refractivity contribution >= 4 is 17.5 Å². The van der Waals surface area contributed by atoms with Gasteiger partial charge in [0.05, 0.1) is 13.2 Å². The van der Waals surface area contributed by atoms with E-state index in [9.17, 15) is 4.79 Å². The van der Waals surface area contributed by atoms with Crippen LogP contribution in [0.25, 0.3) is 0 Å². The molecule has 0 aliphatic rings. The monoisotopic (exact) mass is 243 g/mol. The number of carbonyl (C=O) groups excluding carboxylic acids is 1. The van der Waals surface area contributed by atoms with E-state index in [0.717, 1.165) is 5.75 Å². The molecule has 0 heterocycles. The van der Waals surface area contributed by atoms with Gasteiger partial charge in [0, 0.05) is 18.4 Å². The van der Waals surface area contributed by atoms with Gasteiger partial charge in [-0.05, 0) is 24.3 Å². The molecule has 5 heteroatoms. The zero-order valence-corrected chi connectivity index (χ0v) is 9.78. The molecule has 0 saturated carbocycles. The number of hydrogen-bond donors (Lipinski definition) is 1. The lowest BCUT2D eigenvalue weighted by molar-refractivity contribution is -0.163. The second-order valence-corrected chi connectivity index (χ2v) is 3.73. The van der Waals surface area contributed by atoms with E-state index < -0.39 is 0 Å². The maximum atomic E-state index is 10.7. The van der Waals surface area contributed by atoms with Gasteiger partial charge in [0.1, 0.15) is 5.75 Å². The fraction of sp³-hybridized carbons (Fsp3) is 0.364. The minimum atomic E-state index is -0.369. The third-order valence-electron chi connectivity index (χ3n) is 1.96. The highest BCUT2D eigenvalue weighted by Gasteiger charge is 2.03. The van der Waals surface area contributed by atoms with E-state index >= 15 is 0 Å². The normalized spacial score (nSPS) is 9.94. The van der Waals surface area contributed by atoms with E-state index in [4.69, 9.17) is 21.5 Å². The minimum Gasteiger partial charge on any atom is -0.494 e. The van der Waals surface area contributed by atoms with Gasteiger partial charge in [-0.3, -0.25) is 10.0 Å². The summed E-state index contributed by atoms with van der Waals surface area (Å²) in [4.78, 5) is 10.7. The SMILES string of the molecule is CC(=O)N(O)CCCOc1ccc(Cl)cc1. The lowest BCUT2D eigenvalue weighted by Crippen LogP contribution is -2.26. The molecule has 88 valence electrons. The summed E-state index contributed by atoms with van der Waals surface area (Å²) in [5.41, 5.74) is 0. The Morgan fingerprint density at radius 1 is 1.44 bits per heavy atom. The summed E-state index contributed by atoms with van der Waals surface area (Å²) >= 11 is 5.72. The number of amides is 1. The van der Waals surface area contributed by atoms with Gasteiger partial charge in [-0.25, -0.2) is 5.06 Å². The molecule has 0 bridgehead atoms. The van der Waals surface area contributed by atoms with Gasteiger partial charge in [-0.2, -0.15) is 0 Å². The number of rotatable bonds is 5. The van der Waals surface area contributed by atoms with Gasteiger partial charge in [0.25, 0.3) is 0 Å². The highest BCUT2D eigenvalue weighted by Crippen LogP contribution is 2.15. The molecule has 4 nitrogen and oxygen atoms in total. The van der Waals surface area contributed by atoms with Crippen molar-refractivity contribution in [1.82, 2.24) is 5.06 Å². The molecule has 0 unspecified atom stereocenters. The summed E-state index contributed by atoms with van der Waals surface area (Å²) in [7, 11) is 0. The summed E-state index contributed by atoms with van der Waals surface area (Å²) in [6.45, 7) is 2.01. The Hall–Kier alpha value is -1.26. The molecule has 1 aromatic carbocycles. The molecule has 0 saturated heterocycles. The van der Waals surface area contributed by atoms with E-state index in [2.05, 4.69) is 0 Å². The molecule has 1 amide bonds. The van der Waals surface area contributed by atoms with Crippen molar-refractivity contribution in [2.45, 2.75) is 13.3 Å². The Kier molecular flexibility index (Phi) is 5.08. The predicted molar refractivity (Wildman–Crippen MR) is 60.7 cm³/mol. The molecule has 0 spiro atoms. The van der Waals surface area contributed by atoms with Crippen molar-refractivity contribution in [3.63, 3.8) is 0 Å². The van der Waals surface area contributed by atoms with Crippen LogP contribution in [0.15, 0.2) is 24.3 Å². The van der Waals surface area contributed by atoms with Crippen molar-refractivity contribution in [2.75, 3.05) is 13.2 Å². The van der Waals surface area contributed by atoms with E-state index in [0.29, 0.717) is 23.1 Å². The number of halogens is 1. The van der Waals surface area contributed by atoms with Crippen LogP contribution in [-0.4, -0.2) is 29.3 Å². The topological polar surface area (TPSA) is 49.8 Å². The molecule has 0 aliphatic carbocycles. The highest BCUT2D eigenvalue weighted by molar-refractivity contribution is 6.30. The van der Waals surface area contributed by atoms with Gasteiger partial charge < -0.3 is 4.74 Å². The number of hydroxylamine groups is 2. The molecule has 16 heavy (non-hydrogen) atoms. The first-order valence-electron chi connectivity index (χ1n) is 4.95. The maximum absolute atomic E-state index is 10.7. The Bertz CT molecular complexity index is 340. The Balaban J connectivity index is 2.21. The van der Waals surface area contributed by atoms with Gasteiger partial charge >= 0.3 is 0 Å². The third kappa shape index (κ3) is 4.51. The average molecular weight is 244 g/mol.